The predicted octanol–water partition coefficient (Wildman–Crippen LogP) is 4.42. The predicted molar refractivity (Wildman–Crippen MR) is 159 cm³/mol. The summed E-state index contributed by atoms with van der Waals surface area (Å²) < 4.78 is 10.7. The third kappa shape index (κ3) is 6.71. The molecule has 2 saturated heterocycles. The molecule has 41 heavy (non-hydrogen) atoms. The van der Waals surface area contributed by atoms with Gasteiger partial charge in [-0.05, 0) is 55.9 Å². The summed E-state index contributed by atoms with van der Waals surface area (Å²) in [6.45, 7) is 2.28. The highest BCUT2D eigenvalue weighted by molar-refractivity contribution is 7.99. The van der Waals surface area contributed by atoms with E-state index in [0.717, 1.165) is 36.5 Å². The van der Waals surface area contributed by atoms with Crippen LogP contribution in [0.3, 0.4) is 0 Å². The van der Waals surface area contributed by atoms with E-state index in [4.69, 9.17) is 9.47 Å². The topological polar surface area (TPSA) is 99.2 Å². The molecule has 3 aliphatic rings. The first-order valence-electron chi connectivity index (χ1n) is 14.6. The molecular weight excluding hydrogens is 542 g/mol. The molecule has 0 aliphatic carbocycles. The molecule has 0 unspecified atom stereocenters. The number of hydroxylamine groups is 3. The van der Waals surface area contributed by atoms with Crippen LogP contribution in [0, 0.1) is 5.21 Å². The van der Waals surface area contributed by atoms with Gasteiger partial charge in [0.25, 0.3) is 5.91 Å². The van der Waals surface area contributed by atoms with Crippen LogP contribution in [-0.2, 0) is 16.0 Å². The van der Waals surface area contributed by atoms with Crippen LogP contribution in [0.15, 0.2) is 42.5 Å². The minimum Gasteiger partial charge on any atom is -0.625 e. The molecule has 0 saturated carbocycles. The SMILES string of the molecule is COc1cc(OCCCCC(=O)[N+]2([O-])CCSCC2)ccc1C(=O)N1CCC(N2C(=O)CCc3ccccc32)CC1. The molecular formula is C31H39N3O6S. The van der Waals surface area contributed by atoms with Crippen molar-refractivity contribution >= 4 is 35.2 Å². The molecule has 0 spiro atoms. The molecule has 5 rings (SSSR count). The molecule has 9 nitrogen and oxygen atoms in total. The number of fused-ring (bicyclic) bond motifs is 1. The van der Waals surface area contributed by atoms with E-state index in [2.05, 4.69) is 6.07 Å². The third-order valence-electron chi connectivity index (χ3n) is 8.35. The monoisotopic (exact) mass is 581 g/mol. The van der Waals surface area contributed by atoms with Gasteiger partial charge in [-0.3, -0.25) is 14.2 Å². The summed E-state index contributed by atoms with van der Waals surface area (Å²) in [4.78, 5) is 42.4. The first-order chi connectivity index (χ1) is 19.9. The molecule has 0 atom stereocenters. The Hall–Kier alpha value is -3.08. The van der Waals surface area contributed by atoms with Crippen molar-refractivity contribution in [1.82, 2.24) is 4.90 Å². The zero-order valence-corrected chi connectivity index (χ0v) is 24.5. The Balaban J connectivity index is 1.11. The quantitative estimate of drug-likeness (QED) is 0.246. The van der Waals surface area contributed by atoms with E-state index in [-0.39, 0.29) is 30.2 Å². The van der Waals surface area contributed by atoms with Crippen molar-refractivity contribution in [2.24, 2.45) is 0 Å². The molecule has 10 heteroatoms. The molecule has 220 valence electrons. The standard InChI is InChI=1S/C31H39N3O6S/c1-39-28-22-25(40-19-5-4-8-30(36)34(38)17-20-41-21-18-34)10-11-26(28)31(37)32-15-13-24(14-16-32)33-27-7-3-2-6-23(27)9-12-29(33)35/h2-3,6-7,10-11,22,24H,4-5,8-9,12-21H2,1H3. The summed E-state index contributed by atoms with van der Waals surface area (Å²) >= 11 is 1.73. The number of quaternary nitrogens is 1. The van der Waals surface area contributed by atoms with E-state index >= 15 is 0 Å². The van der Waals surface area contributed by atoms with E-state index < -0.39 is 4.65 Å². The highest BCUT2D eigenvalue weighted by atomic mass is 32.2. The van der Waals surface area contributed by atoms with Gasteiger partial charge in [-0.1, -0.05) is 18.2 Å². The summed E-state index contributed by atoms with van der Waals surface area (Å²) in [5.74, 6) is 2.36. The van der Waals surface area contributed by atoms with E-state index in [1.165, 1.54) is 12.7 Å². The average molecular weight is 582 g/mol. The van der Waals surface area contributed by atoms with Gasteiger partial charge in [-0.15, -0.1) is 0 Å². The zero-order valence-electron chi connectivity index (χ0n) is 23.7. The summed E-state index contributed by atoms with van der Waals surface area (Å²) in [7, 11) is 1.54. The Labute approximate surface area is 245 Å². The second-order valence-corrected chi connectivity index (χ2v) is 12.2. The van der Waals surface area contributed by atoms with Crippen LogP contribution in [0.4, 0.5) is 5.69 Å². The number of unbranched alkanes of at least 4 members (excludes halogenated alkanes) is 1. The number of ether oxygens (including phenoxy) is 2. The number of methoxy groups -OCH3 is 1. The van der Waals surface area contributed by atoms with E-state index in [9.17, 15) is 19.6 Å². The Kier molecular flexibility index (Phi) is 9.52. The number of aryl methyl sites for hydroxylation is 1. The zero-order chi connectivity index (χ0) is 28.8. The van der Waals surface area contributed by atoms with Gasteiger partial charge in [0.2, 0.25) is 5.91 Å². The molecule has 2 fully saturated rings. The molecule has 2 aromatic rings. The van der Waals surface area contributed by atoms with Gasteiger partial charge in [-0.2, -0.15) is 11.8 Å². The number of thioether (sulfide) groups is 1. The Morgan fingerprint density at radius 3 is 2.56 bits per heavy atom. The van der Waals surface area contributed by atoms with Gasteiger partial charge in [0, 0.05) is 48.8 Å². The Morgan fingerprint density at radius 2 is 1.80 bits per heavy atom. The first-order valence-corrected chi connectivity index (χ1v) is 15.7. The van der Waals surface area contributed by atoms with Crippen molar-refractivity contribution in [2.45, 2.75) is 51.0 Å². The summed E-state index contributed by atoms with van der Waals surface area (Å²) in [6.07, 6.45) is 4.28. The molecule has 3 amide bonds. The fraction of sp³-hybridized carbons (Fsp3) is 0.516. The molecule has 2 aromatic carbocycles. The number of likely N-dealkylation sites (tertiary alicyclic amines) is 1. The van der Waals surface area contributed by atoms with Crippen molar-refractivity contribution in [1.29, 1.82) is 0 Å². The fourth-order valence-corrected chi connectivity index (χ4v) is 7.00. The molecule has 0 bridgehead atoms. The number of hydrogen-bond donors (Lipinski definition) is 0. The smallest absolute Gasteiger partial charge is 0.313 e. The van der Waals surface area contributed by atoms with Crippen molar-refractivity contribution in [3.63, 3.8) is 0 Å². The van der Waals surface area contributed by atoms with Crippen molar-refractivity contribution in [3.05, 3.63) is 58.8 Å². The number of hydrogen-bond acceptors (Lipinski definition) is 7. The Bertz CT molecular complexity index is 1260. The lowest BCUT2D eigenvalue weighted by Gasteiger charge is -2.42. The fourth-order valence-electron chi connectivity index (χ4n) is 5.95. The summed E-state index contributed by atoms with van der Waals surface area (Å²) in [5, 5.41) is 12.6. The third-order valence-corrected chi connectivity index (χ3v) is 9.29. The summed E-state index contributed by atoms with van der Waals surface area (Å²) in [6, 6.07) is 13.4. The van der Waals surface area contributed by atoms with Crippen molar-refractivity contribution in [2.75, 3.05) is 56.3 Å². The minimum atomic E-state index is -0.692. The molecule has 3 heterocycles. The van der Waals surface area contributed by atoms with Gasteiger partial charge in [-0.25, -0.2) is 4.79 Å². The number of carbonyl (C=O) groups is 3. The van der Waals surface area contributed by atoms with Crippen LogP contribution in [0.1, 0.15) is 54.4 Å². The van der Waals surface area contributed by atoms with Gasteiger partial charge in [0.15, 0.2) is 0 Å². The number of amides is 3. The van der Waals surface area contributed by atoms with Crippen LogP contribution in [0.2, 0.25) is 0 Å². The number of benzene rings is 2. The van der Waals surface area contributed by atoms with Gasteiger partial charge in [0.1, 0.15) is 11.5 Å². The van der Waals surface area contributed by atoms with Crippen molar-refractivity contribution < 1.29 is 28.5 Å². The van der Waals surface area contributed by atoms with E-state index in [0.29, 0.717) is 69.1 Å². The number of rotatable bonds is 9. The summed E-state index contributed by atoms with van der Waals surface area (Å²) in [5.41, 5.74) is 2.70. The number of carbonyl (C=O) groups excluding carboxylic acids is 3. The van der Waals surface area contributed by atoms with Crippen LogP contribution in [0.5, 0.6) is 11.5 Å². The molecule has 0 aromatic heterocycles. The largest absolute Gasteiger partial charge is 0.625 e. The lowest BCUT2D eigenvalue weighted by Crippen LogP contribution is -2.52. The first kappa shape index (κ1) is 29.4. The highest BCUT2D eigenvalue weighted by Gasteiger charge is 2.34. The minimum absolute atomic E-state index is 0.0840. The van der Waals surface area contributed by atoms with Crippen molar-refractivity contribution in [3.8, 4) is 11.5 Å². The second kappa shape index (κ2) is 13.3. The van der Waals surface area contributed by atoms with Gasteiger partial charge < -0.3 is 24.5 Å². The number of para-hydroxylation sites is 1. The maximum atomic E-state index is 13.4. The molecule has 0 radical (unpaired) electrons. The molecule has 3 aliphatic heterocycles. The van der Waals surface area contributed by atoms with Crippen LogP contribution < -0.4 is 14.4 Å². The number of nitrogens with zero attached hydrogens (tertiary/aromatic N) is 3. The van der Waals surface area contributed by atoms with E-state index in [1.807, 2.05) is 28.0 Å². The molecule has 0 N–H and O–H groups in total. The number of piperidine rings is 1. The average Bonchev–Trinajstić information content (AvgIpc) is 3.00. The van der Waals surface area contributed by atoms with Gasteiger partial charge in [0.05, 0.1) is 38.8 Å². The lowest BCUT2D eigenvalue weighted by molar-refractivity contribution is -0.800. The van der Waals surface area contributed by atoms with E-state index in [1.54, 1.807) is 30.0 Å². The maximum Gasteiger partial charge on any atom is 0.313 e. The van der Waals surface area contributed by atoms with Crippen LogP contribution >= 0.6 is 11.8 Å². The van der Waals surface area contributed by atoms with Crippen LogP contribution in [0.25, 0.3) is 0 Å². The number of anilines is 1. The lowest BCUT2D eigenvalue weighted by atomic mass is 9.95. The van der Waals surface area contributed by atoms with Crippen LogP contribution in [-0.4, -0.2) is 84.7 Å². The highest BCUT2D eigenvalue weighted by Crippen LogP contribution is 2.33. The maximum absolute atomic E-state index is 13.4. The second-order valence-electron chi connectivity index (χ2n) is 10.9. The normalized spacial score (nSPS) is 19.0. The van der Waals surface area contributed by atoms with Gasteiger partial charge >= 0.3 is 5.91 Å². The Morgan fingerprint density at radius 1 is 1.05 bits per heavy atom.